The summed E-state index contributed by atoms with van der Waals surface area (Å²) in [5.41, 5.74) is 1.28. The lowest BCUT2D eigenvalue weighted by Crippen LogP contribution is -2.42. The molecule has 2 rings (SSSR count). The van der Waals surface area contributed by atoms with Gasteiger partial charge in [0.2, 0.25) is 0 Å². The molecule has 0 bridgehead atoms. The van der Waals surface area contributed by atoms with Gasteiger partial charge < -0.3 is 9.74 Å². The molecule has 0 aliphatic carbocycles. The first-order valence-electron chi connectivity index (χ1n) is 7.59. The molecular weight excluding hydrogens is 316 g/mol. The first-order chi connectivity index (χ1) is 10.8. The third-order valence-electron chi connectivity index (χ3n) is 4.00. The van der Waals surface area contributed by atoms with Crippen molar-refractivity contribution in [3.63, 3.8) is 0 Å². The van der Waals surface area contributed by atoms with Gasteiger partial charge in [-0.2, -0.15) is 0 Å². The molecule has 0 saturated carbocycles. The van der Waals surface area contributed by atoms with Crippen molar-refractivity contribution in [3.05, 3.63) is 35.9 Å². The Kier molecular flexibility index (Phi) is 5.41. The number of hydrogen-bond donors (Lipinski definition) is 0. The molecule has 23 heavy (non-hydrogen) atoms. The van der Waals surface area contributed by atoms with Gasteiger partial charge in [0, 0.05) is 25.3 Å². The lowest BCUT2D eigenvalue weighted by Gasteiger charge is -2.24. The molecule has 0 N–H and O–H groups in total. The Labute approximate surface area is 137 Å². The van der Waals surface area contributed by atoms with Crippen molar-refractivity contribution in [1.29, 1.82) is 0 Å². The molecule has 1 heterocycles. The van der Waals surface area contributed by atoms with E-state index < -0.39 is 15.9 Å². The van der Waals surface area contributed by atoms with Crippen LogP contribution in [0.15, 0.2) is 35.5 Å². The van der Waals surface area contributed by atoms with Crippen molar-refractivity contribution in [1.82, 2.24) is 4.90 Å². The maximum absolute atomic E-state index is 12.5. The summed E-state index contributed by atoms with van der Waals surface area (Å²) < 4.78 is 23.4. The highest BCUT2D eigenvalue weighted by molar-refractivity contribution is 7.91. The molecule has 0 fully saturated rings. The lowest BCUT2D eigenvalue weighted by molar-refractivity contribution is -0.124. The quantitative estimate of drug-likeness (QED) is 0.792. The van der Waals surface area contributed by atoms with Gasteiger partial charge in [-0.05, 0) is 12.5 Å². The van der Waals surface area contributed by atoms with E-state index in [0.717, 1.165) is 5.56 Å². The largest absolute Gasteiger partial charge is 0.387 e. The van der Waals surface area contributed by atoms with Crippen molar-refractivity contribution in [3.8, 4) is 0 Å². The third-order valence-corrected chi connectivity index (χ3v) is 5.87. The van der Waals surface area contributed by atoms with Gasteiger partial charge in [0.15, 0.2) is 15.9 Å². The van der Waals surface area contributed by atoms with Crippen molar-refractivity contribution in [2.45, 2.75) is 32.4 Å². The average Bonchev–Trinajstić information content (AvgIpc) is 3.04. The Morgan fingerprint density at radius 3 is 2.65 bits per heavy atom. The minimum absolute atomic E-state index is 0.0536. The van der Waals surface area contributed by atoms with Crippen LogP contribution in [0.3, 0.4) is 0 Å². The first kappa shape index (κ1) is 17.5. The fraction of sp³-hybridized carbons (Fsp3) is 0.500. The van der Waals surface area contributed by atoms with Crippen LogP contribution in [0.2, 0.25) is 0 Å². The van der Waals surface area contributed by atoms with Crippen LogP contribution in [0, 0.1) is 0 Å². The van der Waals surface area contributed by atoms with Crippen molar-refractivity contribution in [2.24, 2.45) is 5.16 Å². The van der Waals surface area contributed by atoms with E-state index in [0.29, 0.717) is 12.1 Å². The fourth-order valence-corrected chi connectivity index (χ4v) is 3.55. The summed E-state index contributed by atoms with van der Waals surface area (Å²) in [7, 11) is -1.55. The van der Waals surface area contributed by atoms with Crippen LogP contribution in [0.1, 0.15) is 31.9 Å². The van der Waals surface area contributed by atoms with E-state index in [-0.39, 0.29) is 23.5 Å². The van der Waals surface area contributed by atoms with Gasteiger partial charge in [0.05, 0.1) is 5.75 Å². The van der Waals surface area contributed by atoms with E-state index in [1.807, 2.05) is 30.3 Å². The summed E-state index contributed by atoms with van der Waals surface area (Å²) in [6, 6.07) is 9.16. The highest BCUT2D eigenvalue weighted by atomic mass is 32.2. The number of carbonyl (C=O) groups is 1. The molecule has 1 aromatic rings. The molecular formula is C16H22N2O4S. The van der Waals surface area contributed by atoms with E-state index in [9.17, 15) is 13.2 Å². The predicted molar refractivity (Wildman–Crippen MR) is 88.9 cm³/mol. The van der Waals surface area contributed by atoms with E-state index in [2.05, 4.69) is 5.16 Å². The second-order valence-corrected chi connectivity index (χ2v) is 8.11. The Bertz CT molecular complexity index is 685. The lowest BCUT2D eigenvalue weighted by atomic mass is 10.0. The Morgan fingerprint density at radius 1 is 1.39 bits per heavy atom. The summed E-state index contributed by atoms with van der Waals surface area (Å²) in [5.74, 6) is -0.274. The summed E-state index contributed by atoms with van der Waals surface area (Å²) in [6.07, 6.45) is 0.124. The van der Waals surface area contributed by atoms with Crippen LogP contribution in [-0.4, -0.2) is 49.5 Å². The van der Waals surface area contributed by atoms with Gasteiger partial charge in [-0.15, -0.1) is 0 Å². The van der Waals surface area contributed by atoms with Crippen molar-refractivity contribution in [2.75, 3.05) is 18.6 Å². The smallest absolute Gasteiger partial charge is 0.271 e. The Hall–Kier alpha value is -1.89. The van der Waals surface area contributed by atoms with Gasteiger partial charge in [0.25, 0.3) is 5.91 Å². The van der Waals surface area contributed by atoms with Crippen molar-refractivity contribution < 1.29 is 18.0 Å². The number of benzene rings is 1. The minimum Gasteiger partial charge on any atom is -0.387 e. The second kappa shape index (κ2) is 7.12. The third kappa shape index (κ3) is 4.31. The zero-order chi connectivity index (χ0) is 17.0. The maximum Gasteiger partial charge on any atom is 0.271 e. The van der Waals surface area contributed by atoms with E-state index in [1.54, 1.807) is 20.9 Å². The standard InChI is InChI=1S/C16H22N2O4S/c1-4-23(20,21)11-12(2)18(3)16(19)14-10-15(22-17-14)13-8-6-5-7-9-13/h5-9,12,15H,4,10-11H2,1-3H3/t12-,15-/m0/s1. The van der Waals surface area contributed by atoms with Crippen LogP contribution in [0.5, 0.6) is 0 Å². The van der Waals surface area contributed by atoms with Crippen LogP contribution in [-0.2, 0) is 19.5 Å². The van der Waals surface area contributed by atoms with Crippen LogP contribution in [0.4, 0.5) is 0 Å². The maximum atomic E-state index is 12.5. The molecule has 1 aliphatic rings. The molecule has 0 unspecified atom stereocenters. The SMILES string of the molecule is CCS(=O)(=O)C[C@H](C)N(C)C(=O)C1=NO[C@H](c2ccccc2)C1. The Balaban J connectivity index is 1.98. The zero-order valence-electron chi connectivity index (χ0n) is 13.6. The van der Waals surface area contributed by atoms with Crippen LogP contribution < -0.4 is 0 Å². The average molecular weight is 338 g/mol. The molecule has 126 valence electrons. The molecule has 2 atom stereocenters. The molecule has 0 aromatic heterocycles. The second-order valence-electron chi connectivity index (χ2n) is 5.71. The molecule has 1 aromatic carbocycles. The number of carbonyl (C=O) groups excluding carboxylic acids is 1. The number of nitrogens with zero attached hydrogens (tertiary/aromatic N) is 2. The van der Waals surface area contributed by atoms with Crippen molar-refractivity contribution >= 4 is 21.5 Å². The highest BCUT2D eigenvalue weighted by Gasteiger charge is 2.31. The molecule has 0 radical (unpaired) electrons. The van der Waals surface area contributed by atoms with Crippen LogP contribution in [0.25, 0.3) is 0 Å². The number of hydrogen-bond acceptors (Lipinski definition) is 5. The molecule has 1 amide bonds. The number of sulfone groups is 1. The molecule has 1 aliphatic heterocycles. The monoisotopic (exact) mass is 338 g/mol. The summed E-state index contributed by atoms with van der Waals surface area (Å²) >= 11 is 0. The van der Waals surface area contributed by atoms with Gasteiger partial charge in [0.1, 0.15) is 5.71 Å². The number of rotatable bonds is 6. The minimum atomic E-state index is -3.14. The van der Waals surface area contributed by atoms with Gasteiger partial charge in [-0.1, -0.05) is 42.4 Å². The first-order valence-corrected chi connectivity index (χ1v) is 9.41. The fourth-order valence-electron chi connectivity index (χ4n) is 2.35. The molecule has 0 spiro atoms. The zero-order valence-corrected chi connectivity index (χ0v) is 14.4. The molecule has 6 nitrogen and oxygen atoms in total. The topological polar surface area (TPSA) is 76.0 Å². The van der Waals surface area contributed by atoms with E-state index in [4.69, 9.17) is 4.84 Å². The number of oxime groups is 1. The van der Waals surface area contributed by atoms with Gasteiger partial charge in [-0.3, -0.25) is 4.79 Å². The molecule has 0 saturated heterocycles. The summed E-state index contributed by atoms with van der Waals surface area (Å²) in [6.45, 7) is 3.32. The highest BCUT2D eigenvalue weighted by Crippen LogP contribution is 2.27. The Morgan fingerprint density at radius 2 is 2.04 bits per heavy atom. The summed E-state index contributed by atoms with van der Waals surface area (Å²) in [4.78, 5) is 19.2. The normalized spacial score (nSPS) is 18.9. The van der Waals surface area contributed by atoms with Crippen LogP contribution >= 0.6 is 0 Å². The molecule has 7 heteroatoms. The van der Waals surface area contributed by atoms with Gasteiger partial charge in [-0.25, -0.2) is 8.42 Å². The van der Waals surface area contributed by atoms with E-state index in [1.165, 1.54) is 4.90 Å². The number of amides is 1. The predicted octanol–water partition coefficient (Wildman–Crippen LogP) is 1.79. The van der Waals surface area contributed by atoms with Gasteiger partial charge >= 0.3 is 0 Å². The summed E-state index contributed by atoms with van der Waals surface area (Å²) in [5, 5.41) is 3.89. The van der Waals surface area contributed by atoms with E-state index >= 15 is 0 Å².